The first-order chi connectivity index (χ1) is 8.63. The number of nitrogens with one attached hydrogen (secondary N) is 1. The molecule has 0 saturated carbocycles. The van der Waals surface area contributed by atoms with Crippen molar-refractivity contribution in [2.45, 2.75) is 26.3 Å². The van der Waals surface area contributed by atoms with E-state index in [0.717, 1.165) is 15.7 Å². The van der Waals surface area contributed by atoms with Gasteiger partial charge in [0.2, 0.25) is 0 Å². The van der Waals surface area contributed by atoms with Crippen molar-refractivity contribution in [2.75, 3.05) is 13.7 Å². The summed E-state index contributed by atoms with van der Waals surface area (Å²) in [6, 6.07) is 0. The van der Waals surface area contributed by atoms with E-state index in [2.05, 4.69) is 29.0 Å². The zero-order valence-electron chi connectivity index (χ0n) is 10.6. The summed E-state index contributed by atoms with van der Waals surface area (Å²) in [7, 11) is 1.67. The number of thiazole rings is 1. The number of H-pyrrole nitrogens is 1. The fraction of sp³-hybridized carbons (Fsp3) is 0.545. The maximum Gasteiger partial charge on any atom is 0.195 e. The largest absolute Gasteiger partial charge is 0.383 e. The van der Waals surface area contributed by atoms with Crippen LogP contribution in [0.2, 0.25) is 0 Å². The van der Waals surface area contributed by atoms with E-state index in [1.807, 2.05) is 10.8 Å². The molecule has 2 rings (SSSR count). The molecule has 0 atom stereocenters. The van der Waals surface area contributed by atoms with Crippen LogP contribution in [0.15, 0.2) is 6.20 Å². The molecule has 0 saturated heterocycles. The summed E-state index contributed by atoms with van der Waals surface area (Å²) in [6.07, 6.45) is 1.86. The first kappa shape index (κ1) is 13.4. The van der Waals surface area contributed by atoms with Crippen molar-refractivity contribution >= 4 is 23.6 Å². The Kier molecular flexibility index (Phi) is 4.26. The van der Waals surface area contributed by atoms with Gasteiger partial charge in [0, 0.05) is 19.2 Å². The second-order valence-electron chi connectivity index (χ2n) is 4.21. The van der Waals surface area contributed by atoms with Crippen LogP contribution in [0.3, 0.4) is 0 Å². The molecule has 0 bridgehead atoms. The summed E-state index contributed by atoms with van der Waals surface area (Å²) >= 11 is 6.87. The minimum atomic E-state index is 0.429. The third-order valence-electron chi connectivity index (χ3n) is 2.52. The van der Waals surface area contributed by atoms with Gasteiger partial charge in [-0.2, -0.15) is 5.10 Å². The minimum absolute atomic E-state index is 0.429. The van der Waals surface area contributed by atoms with Crippen LogP contribution >= 0.6 is 23.6 Å². The van der Waals surface area contributed by atoms with Gasteiger partial charge in [0.15, 0.2) is 10.6 Å². The predicted molar refractivity (Wildman–Crippen MR) is 74.5 cm³/mol. The Morgan fingerprint density at radius 1 is 1.56 bits per heavy atom. The Balaban J connectivity index is 2.34. The lowest BCUT2D eigenvalue weighted by atomic mass is 10.2. The van der Waals surface area contributed by atoms with Crippen molar-refractivity contribution in [1.82, 2.24) is 19.7 Å². The highest BCUT2D eigenvalue weighted by Crippen LogP contribution is 2.28. The summed E-state index contributed by atoms with van der Waals surface area (Å²) < 4.78 is 7.64. The smallest absolute Gasteiger partial charge is 0.195 e. The Morgan fingerprint density at radius 2 is 2.33 bits per heavy atom. The minimum Gasteiger partial charge on any atom is -0.383 e. The van der Waals surface area contributed by atoms with Gasteiger partial charge in [0.05, 0.1) is 23.0 Å². The van der Waals surface area contributed by atoms with E-state index in [0.29, 0.717) is 23.8 Å². The molecule has 7 heteroatoms. The van der Waals surface area contributed by atoms with E-state index in [-0.39, 0.29) is 0 Å². The first-order valence-electron chi connectivity index (χ1n) is 5.73. The molecule has 0 spiro atoms. The summed E-state index contributed by atoms with van der Waals surface area (Å²) in [5.74, 6) is 1.26. The second-order valence-corrected chi connectivity index (χ2v) is 5.66. The molecular formula is C11H16N4OS2. The summed E-state index contributed by atoms with van der Waals surface area (Å²) in [5.41, 5.74) is 0. The van der Waals surface area contributed by atoms with Gasteiger partial charge in [0.1, 0.15) is 0 Å². The van der Waals surface area contributed by atoms with Gasteiger partial charge in [-0.3, -0.25) is 9.67 Å². The summed E-state index contributed by atoms with van der Waals surface area (Å²) in [4.78, 5) is 5.44. The van der Waals surface area contributed by atoms with Gasteiger partial charge in [-0.15, -0.1) is 11.3 Å². The number of ether oxygens (including phenoxy) is 1. The van der Waals surface area contributed by atoms with Crippen molar-refractivity contribution < 1.29 is 4.74 Å². The van der Waals surface area contributed by atoms with Crippen LogP contribution in [-0.4, -0.2) is 33.5 Å². The normalized spacial score (nSPS) is 11.3. The monoisotopic (exact) mass is 284 g/mol. The van der Waals surface area contributed by atoms with Gasteiger partial charge in [-0.1, -0.05) is 13.8 Å². The number of aromatic nitrogens is 4. The number of hydrogen-bond acceptors (Lipinski definition) is 5. The third-order valence-corrected chi connectivity index (χ3v) is 4.12. The quantitative estimate of drug-likeness (QED) is 0.858. The Bertz CT molecular complexity index is 570. The van der Waals surface area contributed by atoms with E-state index in [4.69, 9.17) is 17.0 Å². The number of nitrogens with zero attached hydrogens (tertiary/aromatic N) is 3. The van der Waals surface area contributed by atoms with Gasteiger partial charge >= 0.3 is 0 Å². The number of methoxy groups -OCH3 is 1. The van der Waals surface area contributed by atoms with Crippen LogP contribution < -0.4 is 0 Å². The van der Waals surface area contributed by atoms with Crippen LogP contribution in [-0.2, 0) is 11.3 Å². The average Bonchev–Trinajstić information content (AvgIpc) is 2.93. The van der Waals surface area contributed by atoms with Gasteiger partial charge < -0.3 is 4.74 Å². The lowest BCUT2D eigenvalue weighted by Crippen LogP contribution is -2.05. The molecule has 0 fully saturated rings. The fourth-order valence-electron chi connectivity index (χ4n) is 1.55. The van der Waals surface area contributed by atoms with Crippen LogP contribution in [0, 0.1) is 4.77 Å². The standard InChI is InChI=1S/C11H16N4OS2/c1-7(2)10-12-6-8(18-10)9-13-14-11(17)15(9)4-5-16-3/h6-7H,4-5H2,1-3H3,(H,14,17). The topological polar surface area (TPSA) is 55.7 Å². The Labute approximate surface area is 115 Å². The molecular weight excluding hydrogens is 268 g/mol. The number of aromatic amines is 1. The molecule has 0 radical (unpaired) electrons. The molecule has 0 aromatic carbocycles. The van der Waals surface area contributed by atoms with Crippen molar-refractivity contribution in [3.8, 4) is 10.7 Å². The van der Waals surface area contributed by atoms with Gasteiger partial charge in [-0.05, 0) is 12.2 Å². The first-order valence-corrected chi connectivity index (χ1v) is 6.96. The fourth-order valence-corrected chi connectivity index (χ4v) is 2.70. The van der Waals surface area contributed by atoms with Crippen molar-refractivity contribution in [1.29, 1.82) is 0 Å². The molecule has 18 heavy (non-hydrogen) atoms. The van der Waals surface area contributed by atoms with Crippen LogP contribution in [0.5, 0.6) is 0 Å². The maximum atomic E-state index is 5.22. The molecule has 2 aromatic rings. The van der Waals surface area contributed by atoms with E-state index < -0.39 is 0 Å². The van der Waals surface area contributed by atoms with E-state index in [1.165, 1.54) is 0 Å². The molecule has 2 heterocycles. The molecule has 0 amide bonds. The highest BCUT2D eigenvalue weighted by Gasteiger charge is 2.13. The van der Waals surface area contributed by atoms with Crippen molar-refractivity contribution in [3.05, 3.63) is 16.0 Å². The number of hydrogen-bond donors (Lipinski definition) is 1. The highest BCUT2D eigenvalue weighted by atomic mass is 32.1. The summed E-state index contributed by atoms with van der Waals surface area (Å²) in [6.45, 7) is 5.56. The molecule has 0 aliphatic carbocycles. The Morgan fingerprint density at radius 3 is 2.94 bits per heavy atom. The van der Waals surface area contributed by atoms with Crippen LogP contribution in [0.25, 0.3) is 10.7 Å². The molecule has 0 unspecified atom stereocenters. The van der Waals surface area contributed by atoms with Gasteiger partial charge in [0.25, 0.3) is 0 Å². The van der Waals surface area contributed by atoms with Gasteiger partial charge in [-0.25, -0.2) is 4.98 Å². The van der Waals surface area contributed by atoms with E-state index in [1.54, 1.807) is 18.4 Å². The lowest BCUT2D eigenvalue weighted by molar-refractivity contribution is 0.187. The maximum absolute atomic E-state index is 5.22. The van der Waals surface area contributed by atoms with Crippen LogP contribution in [0.4, 0.5) is 0 Å². The van der Waals surface area contributed by atoms with E-state index in [9.17, 15) is 0 Å². The second kappa shape index (κ2) is 5.73. The molecule has 98 valence electrons. The zero-order chi connectivity index (χ0) is 13.1. The van der Waals surface area contributed by atoms with Crippen LogP contribution in [0.1, 0.15) is 24.8 Å². The lowest BCUT2D eigenvalue weighted by Gasteiger charge is -2.03. The Hall–Kier alpha value is -1.05. The number of rotatable bonds is 5. The third kappa shape index (κ3) is 2.68. The predicted octanol–water partition coefficient (Wildman–Crippen LogP) is 2.83. The highest BCUT2D eigenvalue weighted by molar-refractivity contribution is 7.71. The molecule has 2 aromatic heterocycles. The van der Waals surface area contributed by atoms with E-state index >= 15 is 0 Å². The zero-order valence-corrected chi connectivity index (χ0v) is 12.3. The molecule has 1 N–H and O–H groups in total. The SMILES string of the molecule is COCCn1c(-c2cnc(C(C)C)s2)n[nH]c1=S. The van der Waals surface area contributed by atoms with Crippen molar-refractivity contribution in [2.24, 2.45) is 0 Å². The summed E-state index contributed by atoms with van der Waals surface area (Å²) in [5, 5.41) is 8.20. The molecule has 5 nitrogen and oxygen atoms in total. The molecule has 0 aliphatic rings. The van der Waals surface area contributed by atoms with Crippen molar-refractivity contribution in [3.63, 3.8) is 0 Å². The average molecular weight is 284 g/mol. The molecule has 0 aliphatic heterocycles.